The second-order valence-corrected chi connectivity index (χ2v) is 6.92. The lowest BCUT2D eigenvalue weighted by molar-refractivity contribution is -0.0895. The van der Waals surface area contributed by atoms with Gasteiger partial charge in [-0.05, 0) is 51.5 Å². The number of aliphatic imine (C=N–C) groups is 1. The van der Waals surface area contributed by atoms with E-state index in [-0.39, 0.29) is 0 Å². The highest BCUT2D eigenvalue weighted by Gasteiger charge is 2.35. The summed E-state index contributed by atoms with van der Waals surface area (Å²) in [7, 11) is 1.56. The van der Waals surface area contributed by atoms with E-state index in [1.165, 1.54) is 12.0 Å². The van der Waals surface area contributed by atoms with E-state index in [1.807, 2.05) is 25.6 Å². The first-order chi connectivity index (χ1) is 8.76. The first-order valence-electron chi connectivity index (χ1n) is 6.52. The Morgan fingerprint density at radius 2 is 2.16 bits per heavy atom. The summed E-state index contributed by atoms with van der Waals surface area (Å²) < 4.78 is 5.64. The quantitative estimate of drug-likeness (QED) is 0.573. The molecule has 19 heavy (non-hydrogen) atoms. The Labute approximate surface area is 121 Å². The van der Waals surface area contributed by atoms with E-state index in [1.54, 1.807) is 27.5 Å². The van der Waals surface area contributed by atoms with Crippen molar-refractivity contribution in [1.82, 2.24) is 0 Å². The maximum atomic E-state index is 10.0. The van der Waals surface area contributed by atoms with Crippen LogP contribution in [0, 0.1) is 0 Å². The minimum Gasteiger partial charge on any atom is -0.427 e. The van der Waals surface area contributed by atoms with Crippen LogP contribution in [-0.2, 0) is 4.65 Å². The highest BCUT2D eigenvalue weighted by Crippen LogP contribution is 2.25. The monoisotopic (exact) mass is 283 g/mol. The van der Waals surface area contributed by atoms with Crippen LogP contribution in [0.1, 0.15) is 34.1 Å². The van der Waals surface area contributed by atoms with Crippen molar-refractivity contribution in [2.75, 3.05) is 11.5 Å². The summed E-state index contributed by atoms with van der Waals surface area (Å²) >= 11 is 1.92. The SMILES string of the molecule is CC(C)(O)C(C)(C)O[B]/C(C=NC1CCSC1)=C/N. The fraction of sp³-hybridized carbons (Fsp3) is 0.769. The van der Waals surface area contributed by atoms with E-state index < -0.39 is 11.2 Å². The highest BCUT2D eigenvalue weighted by molar-refractivity contribution is 7.99. The molecule has 1 heterocycles. The van der Waals surface area contributed by atoms with Gasteiger partial charge in [0.2, 0.25) is 0 Å². The zero-order chi connectivity index (χ0) is 14.5. The number of hydrogen-bond donors (Lipinski definition) is 2. The van der Waals surface area contributed by atoms with Gasteiger partial charge in [0.15, 0.2) is 0 Å². The Balaban J connectivity index is 2.49. The summed E-state index contributed by atoms with van der Waals surface area (Å²) in [6.07, 6.45) is 4.33. The predicted octanol–water partition coefficient (Wildman–Crippen LogP) is 1.55. The van der Waals surface area contributed by atoms with Crippen molar-refractivity contribution in [2.24, 2.45) is 10.7 Å². The zero-order valence-corrected chi connectivity index (χ0v) is 13.0. The molecule has 1 rings (SSSR count). The van der Waals surface area contributed by atoms with Crippen LogP contribution in [0.15, 0.2) is 16.7 Å². The van der Waals surface area contributed by atoms with E-state index in [2.05, 4.69) is 4.99 Å². The molecule has 1 radical (unpaired) electrons. The van der Waals surface area contributed by atoms with Crippen molar-refractivity contribution in [1.29, 1.82) is 0 Å². The molecule has 6 heteroatoms. The molecule has 1 fully saturated rings. The normalized spacial score (nSPS) is 22.2. The Kier molecular flexibility index (Phi) is 5.95. The van der Waals surface area contributed by atoms with Crippen LogP contribution >= 0.6 is 11.8 Å². The van der Waals surface area contributed by atoms with Crippen molar-refractivity contribution in [3.05, 3.63) is 11.7 Å². The molecule has 0 saturated carbocycles. The lowest BCUT2D eigenvalue weighted by Gasteiger charge is -2.37. The third-order valence-electron chi connectivity index (χ3n) is 3.50. The molecule has 1 atom stereocenters. The molecular weight excluding hydrogens is 259 g/mol. The average molecular weight is 283 g/mol. The molecule has 1 unspecified atom stereocenters. The molecule has 0 amide bonds. The molecule has 1 aliphatic heterocycles. The molecule has 107 valence electrons. The Morgan fingerprint density at radius 1 is 1.47 bits per heavy atom. The van der Waals surface area contributed by atoms with Crippen molar-refractivity contribution < 1.29 is 9.76 Å². The van der Waals surface area contributed by atoms with E-state index in [9.17, 15) is 5.11 Å². The first-order valence-corrected chi connectivity index (χ1v) is 7.68. The predicted molar refractivity (Wildman–Crippen MR) is 83.7 cm³/mol. The molecule has 0 aromatic carbocycles. The van der Waals surface area contributed by atoms with Crippen LogP contribution in [0.5, 0.6) is 0 Å². The maximum absolute atomic E-state index is 10.0. The summed E-state index contributed by atoms with van der Waals surface area (Å²) in [5.74, 6) is 2.25. The fourth-order valence-electron chi connectivity index (χ4n) is 1.30. The van der Waals surface area contributed by atoms with Crippen LogP contribution in [0.3, 0.4) is 0 Å². The molecule has 0 bridgehead atoms. The van der Waals surface area contributed by atoms with Gasteiger partial charge in [0.25, 0.3) is 0 Å². The Morgan fingerprint density at radius 3 is 2.63 bits per heavy atom. The van der Waals surface area contributed by atoms with Crippen LogP contribution in [0.4, 0.5) is 0 Å². The van der Waals surface area contributed by atoms with Crippen molar-refractivity contribution in [3.63, 3.8) is 0 Å². The van der Waals surface area contributed by atoms with Crippen LogP contribution in [0.2, 0.25) is 0 Å². The van der Waals surface area contributed by atoms with Gasteiger partial charge in [0, 0.05) is 12.0 Å². The number of aliphatic hydroxyl groups is 1. The highest BCUT2D eigenvalue weighted by atomic mass is 32.2. The number of hydrogen-bond acceptors (Lipinski definition) is 5. The minimum atomic E-state index is -0.942. The largest absolute Gasteiger partial charge is 0.427 e. The maximum Gasteiger partial charge on any atom is 0.333 e. The lowest BCUT2D eigenvalue weighted by atomic mass is 9.83. The molecule has 0 aromatic rings. The molecule has 4 nitrogen and oxygen atoms in total. The standard InChI is InChI=1S/C13H24BN2O2S/c1-12(2,17)13(3,4)18-14-10(7-15)8-16-11-5-6-19-9-11/h7-8,11,17H,5-6,9,15H2,1-4H3/b10-7+,16-8?. The van der Waals surface area contributed by atoms with E-state index in [0.29, 0.717) is 11.5 Å². The number of rotatable bonds is 6. The number of thioether (sulfide) groups is 1. The second-order valence-electron chi connectivity index (χ2n) is 5.77. The summed E-state index contributed by atoms with van der Waals surface area (Å²) in [4.78, 5) is 4.49. The van der Waals surface area contributed by atoms with E-state index >= 15 is 0 Å². The molecule has 1 saturated heterocycles. The molecule has 0 spiro atoms. The van der Waals surface area contributed by atoms with Crippen molar-refractivity contribution in [2.45, 2.75) is 51.4 Å². The summed E-state index contributed by atoms with van der Waals surface area (Å²) in [5, 5.41) is 10.0. The third-order valence-corrected chi connectivity index (χ3v) is 4.64. The minimum absolute atomic E-state index is 0.385. The first kappa shape index (κ1) is 16.6. The molecular formula is C13H24BN2O2S. The smallest absolute Gasteiger partial charge is 0.333 e. The topological polar surface area (TPSA) is 67.8 Å². The molecule has 1 aliphatic rings. The third kappa shape index (κ3) is 5.20. The molecule has 3 N–H and O–H groups in total. The van der Waals surface area contributed by atoms with Crippen LogP contribution in [-0.4, -0.2) is 47.6 Å². The van der Waals surface area contributed by atoms with Crippen LogP contribution in [0.25, 0.3) is 0 Å². The summed E-state index contributed by atoms with van der Waals surface area (Å²) in [6.45, 7) is 7.11. The number of nitrogens with zero attached hydrogens (tertiary/aromatic N) is 1. The number of allylic oxidation sites excluding steroid dienone is 1. The van der Waals surface area contributed by atoms with Crippen LogP contribution < -0.4 is 5.73 Å². The zero-order valence-electron chi connectivity index (χ0n) is 12.2. The summed E-state index contributed by atoms with van der Waals surface area (Å²) in [5.41, 5.74) is 4.64. The van der Waals surface area contributed by atoms with Gasteiger partial charge in [-0.3, -0.25) is 4.99 Å². The van der Waals surface area contributed by atoms with Gasteiger partial charge < -0.3 is 15.5 Å². The van der Waals surface area contributed by atoms with E-state index in [0.717, 1.165) is 12.2 Å². The van der Waals surface area contributed by atoms with Gasteiger partial charge in [-0.15, -0.1) is 0 Å². The second kappa shape index (κ2) is 6.82. The Hall–Kier alpha value is -0.455. The van der Waals surface area contributed by atoms with Gasteiger partial charge in [-0.25, -0.2) is 0 Å². The number of nitrogens with two attached hydrogens (primary N) is 1. The molecule has 0 aromatic heterocycles. The van der Waals surface area contributed by atoms with Gasteiger partial charge in [-0.2, -0.15) is 11.8 Å². The summed E-state index contributed by atoms with van der Waals surface area (Å²) in [6, 6.07) is 0.385. The fourth-order valence-corrected chi connectivity index (χ4v) is 2.43. The van der Waals surface area contributed by atoms with Gasteiger partial charge in [-0.1, -0.05) is 0 Å². The van der Waals surface area contributed by atoms with Crippen molar-refractivity contribution in [3.8, 4) is 0 Å². The van der Waals surface area contributed by atoms with Gasteiger partial charge >= 0.3 is 7.48 Å². The van der Waals surface area contributed by atoms with Gasteiger partial charge in [0.05, 0.1) is 17.2 Å². The lowest BCUT2D eigenvalue weighted by Crippen LogP contribution is -2.48. The Bertz CT molecular complexity index is 345. The van der Waals surface area contributed by atoms with E-state index in [4.69, 9.17) is 10.4 Å². The van der Waals surface area contributed by atoms with Gasteiger partial charge in [0.1, 0.15) is 0 Å². The average Bonchev–Trinajstić information content (AvgIpc) is 2.80. The van der Waals surface area contributed by atoms with Crippen molar-refractivity contribution >= 4 is 25.5 Å². The molecule has 0 aliphatic carbocycles.